The summed E-state index contributed by atoms with van der Waals surface area (Å²) in [5.74, 6) is 0.179. The van der Waals surface area contributed by atoms with Crippen LogP contribution in [-0.4, -0.2) is 46.8 Å². The fourth-order valence-corrected chi connectivity index (χ4v) is 4.56. The van der Waals surface area contributed by atoms with Crippen molar-refractivity contribution in [1.29, 1.82) is 0 Å². The summed E-state index contributed by atoms with van der Waals surface area (Å²) in [5, 5.41) is 4.45. The summed E-state index contributed by atoms with van der Waals surface area (Å²) in [7, 11) is 4.02. The number of hydrogen-bond acceptors (Lipinski definition) is 3. The third-order valence-electron chi connectivity index (χ3n) is 5.52. The maximum absolute atomic E-state index is 13.1. The first kappa shape index (κ1) is 16.6. The number of aromatic nitrogens is 2. The van der Waals surface area contributed by atoms with Crippen LogP contribution >= 0.6 is 15.9 Å². The van der Waals surface area contributed by atoms with Crippen molar-refractivity contribution in [3.8, 4) is 0 Å². The molecule has 1 aromatic carbocycles. The first-order chi connectivity index (χ1) is 12.0. The van der Waals surface area contributed by atoms with Crippen molar-refractivity contribution >= 4 is 27.5 Å². The van der Waals surface area contributed by atoms with Crippen molar-refractivity contribution in [1.82, 2.24) is 14.7 Å². The second-order valence-corrected chi connectivity index (χ2v) is 8.22. The monoisotopic (exact) mass is 402 g/mol. The maximum Gasteiger partial charge on any atom is 0.254 e. The molecule has 2 bridgehead atoms. The Morgan fingerprint density at radius 3 is 2.28 bits per heavy atom. The van der Waals surface area contributed by atoms with Gasteiger partial charge in [0.2, 0.25) is 0 Å². The van der Waals surface area contributed by atoms with Gasteiger partial charge in [-0.15, -0.1) is 0 Å². The molecule has 1 amide bonds. The summed E-state index contributed by atoms with van der Waals surface area (Å²) in [6, 6.07) is 8.98. The highest BCUT2D eigenvalue weighted by Crippen LogP contribution is 2.41. The molecule has 0 N–H and O–H groups in total. The molecule has 2 unspecified atom stereocenters. The van der Waals surface area contributed by atoms with Crippen LogP contribution in [0.1, 0.15) is 42.1 Å². The van der Waals surface area contributed by atoms with Crippen molar-refractivity contribution in [3.05, 3.63) is 46.7 Å². The Morgan fingerprint density at radius 2 is 1.76 bits per heavy atom. The van der Waals surface area contributed by atoms with Crippen molar-refractivity contribution in [2.45, 2.75) is 43.8 Å². The number of halogens is 1. The Hall–Kier alpha value is -1.82. The zero-order chi connectivity index (χ0) is 17.6. The molecule has 0 aliphatic carbocycles. The van der Waals surface area contributed by atoms with E-state index in [1.54, 1.807) is 0 Å². The minimum Gasteiger partial charge on any atom is -0.378 e. The maximum atomic E-state index is 13.1. The van der Waals surface area contributed by atoms with Gasteiger partial charge in [0, 0.05) is 43.6 Å². The van der Waals surface area contributed by atoms with Crippen LogP contribution in [0.3, 0.4) is 0 Å². The molecule has 0 radical (unpaired) electrons. The molecule has 0 spiro atoms. The van der Waals surface area contributed by atoms with Gasteiger partial charge in [-0.25, -0.2) is 0 Å². The normalized spacial score (nSPS) is 25.2. The number of rotatable bonds is 3. The van der Waals surface area contributed by atoms with E-state index in [9.17, 15) is 4.79 Å². The largest absolute Gasteiger partial charge is 0.378 e. The molecule has 1 aromatic heterocycles. The molecule has 2 aliphatic heterocycles. The standard InChI is InChI=1S/C19H23BrN4O/c1-22(2)15-5-3-13(4-6-15)19(25)24-16-7-8-17(24)10-18(9-16)23-12-14(20)11-21-23/h3-6,11-12,16-18H,7-10H2,1-2H3. The number of amides is 1. The molecule has 2 aliphatic rings. The van der Waals surface area contributed by atoms with Crippen LogP contribution in [0.4, 0.5) is 5.69 Å². The quantitative estimate of drug-likeness (QED) is 0.785. The fraction of sp³-hybridized carbons (Fsp3) is 0.474. The predicted octanol–water partition coefficient (Wildman–Crippen LogP) is 3.72. The summed E-state index contributed by atoms with van der Waals surface area (Å²) < 4.78 is 3.07. The van der Waals surface area contributed by atoms with Crippen LogP contribution in [0.5, 0.6) is 0 Å². The molecule has 2 fully saturated rings. The number of anilines is 1. The van der Waals surface area contributed by atoms with Crippen LogP contribution in [0.25, 0.3) is 0 Å². The second kappa shape index (κ2) is 6.48. The third-order valence-corrected chi connectivity index (χ3v) is 5.93. The molecule has 3 heterocycles. The van der Waals surface area contributed by atoms with Crippen molar-refractivity contribution in [2.24, 2.45) is 0 Å². The Bertz CT molecular complexity index is 756. The molecule has 2 atom stereocenters. The van der Waals surface area contributed by atoms with Gasteiger partial charge in [0.05, 0.1) is 16.7 Å². The van der Waals surface area contributed by atoms with Crippen LogP contribution < -0.4 is 4.90 Å². The molecule has 2 aromatic rings. The molecule has 2 saturated heterocycles. The molecule has 0 saturated carbocycles. The van der Waals surface area contributed by atoms with Crippen molar-refractivity contribution < 1.29 is 4.79 Å². The van der Waals surface area contributed by atoms with Gasteiger partial charge in [0.25, 0.3) is 5.91 Å². The van der Waals surface area contributed by atoms with Gasteiger partial charge < -0.3 is 9.80 Å². The van der Waals surface area contributed by atoms with E-state index in [4.69, 9.17) is 0 Å². The minimum atomic E-state index is 0.179. The van der Waals surface area contributed by atoms with E-state index in [2.05, 4.69) is 30.6 Å². The summed E-state index contributed by atoms with van der Waals surface area (Å²) in [6.07, 6.45) is 8.07. The van der Waals surface area contributed by atoms with E-state index in [1.165, 1.54) is 0 Å². The highest BCUT2D eigenvalue weighted by atomic mass is 79.9. The Labute approximate surface area is 156 Å². The first-order valence-corrected chi connectivity index (χ1v) is 9.62. The van der Waals surface area contributed by atoms with Gasteiger partial charge in [-0.1, -0.05) is 0 Å². The second-order valence-electron chi connectivity index (χ2n) is 7.30. The molecule has 6 heteroatoms. The SMILES string of the molecule is CN(C)c1ccc(C(=O)N2C3CCC2CC(n2cc(Br)cn2)C3)cc1. The molecular formula is C19H23BrN4O. The smallest absolute Gasteiger partial charge is 0.254 e. The number of benzene rings is 1. The summed E-state index contributed by atoms with van der Waals surface area (Å²) in [4.78, 5) is 17.3. The van der Waals surface area contributed by atoms with Crippen LogP contribution in [-0.2, 0) is 0 Å². The number of fused-ring (bicyclic) bond motifs is 2. The lowest BCUT2D eigenvalue weighted by molar-refractivity contribution is 0.0524. The van der Waals surface area contributed by atoms with Crippen LogP contribution in [0.15, 0.2) is 41.1 Å². The van der Waals surface area contributed by atoms with Crippen LogP contribution in [0.2, 0.25) is 0 Å². The van der Waals surface area contributed by atoms with Gasteiger partial charge in [-0.05, 0) is 65.9 Å². The Kier molecular flexibility index (Phi) is 4.31. The Morgan fingerprint density at radius 1 is 1.12 bits per heavy atom. The number of carbonyl (C=O) groups excluding carboxylic acids is 1. The lowest BCUT2D eigenvalue weighted by Gasteiger charge is -2.39. The summed E-state index contributed by atoms with van der Waals surface area (Å²) in [5.41, 5.74) is 1.91. The highest BCUT2D eigenvalue weighted by molar-refractivity contribution is 9.10. The van der Waals surface area contributed by atoms with Gasteiger partial charge in [0.15, 0.2) is 0 Å². The van der Waals surface area contributed by atoms with E-state index in [0.29, 0.717) is 18.1 Å². The molecule has 5 nitrogen and oxygen atoms in total. The van der Waals surface area contributed by atoms with E-state index >= 15 is 0 Å². The molecule has 25 heavy (non-hydrogen) atoms. The highest BCUT2D eigenvalue weighted by Gasteiger charge is 2.44. The average molecular weight is 403 g/mol. The van der Waals surface area contributed by atoms with E-state index in [0.717, 1.165) is 41.4 Å². The van der Waals surface area contributed by atoms with Gasteiger partial charge in [0.1, 0.15) is 0 Å². The number of carbonyl (C=O) groups is 1. The summed E-state index contributed by atoms with van der Waals surface area (Å²) >= 11 is 3.47. The van der Waals surface area contributed by atoms with Gasteiger partial charge in [-0.2, -0.15) is 5.10 Å². The average Bonchev–Trinajstić information content (AvgIpc) is 3.15. The van der Waals surface area contributed by atoms with E-state index in [-0.39, 0.29) is 5.91 Å². The van der Waals surface area contributed by atoms with Gasteiger partial charge in [-0.3, -0.25) is 9.48 Å². The van der Waals surface area contributed by atoms with Gasteiger partial charge >= 0.3 is 0 Å². The van der Waals surface area contributed by atoms with E-state index in [1.807, 2.05) is 55.7 Å². The molecule has 132 valence electrons. The van der Waals surface area contributed by atoms with E-state index < -0.39 is 0 Å². The minimum absolute atomic E-state index is 0.179. The first-order valence-electron chi connectivity index (χ1n) is 8.82. The van der Waals surface area contributed by atoms with Crippen molar-refractivity contribution in [3.63, 3.8) is 0 Å². The lowest BCUT2D eigenvalue weighted by atomic mass is 9.96. The zero-order valence-corrected chi connectivity index (χ0v) is 16.2. The summed E-state index contributed by atoms with van der Waals surface area (Å²) in [6.45, 7) is 0. The van der Waals surface area contributed by atoms with Crippen LogP contribution in [0, 0.1) is 0 Å². The topological polar surface area (TPSA) is 41.4 Å². The Balaban J connectivity index is 1.51. The number of nitrogens with zero attached hydrogens (tertiary/aromatic N) is 4. The number of piperidine rings is 1. The molecular weight excluding hydrogens is 380 g/mol. The lowest BCUT2D eigenvalue weighted by Crippen LogP contribution is -2.47. The predicted molar refractivity (Wildman–Crippen MR) is 102 cm³/mol. The number of hydrogen-bond donors (Lipinski definition) is 0. The zero-order valence-electron chi connectivity index (χ0n) is 14.6. The third kappa shape index (κ3) is 3.08. The van der Waals surface area contributed by atoms with Crippen molar-refractivity contribution in [2.75, 3.05) is 19.0 Å². The molecule has 4 rings (SSSR count). The fourth-order valence-electron chi connectivity index (χ4n) is 4.26.